The monoisotopic (exact) mass is 449 g/mol. The van der Waals surface area contributed by atoms with Crippen LogP contribution in [0.1, 0.15) is 84.0 Å². The number of hydrogen-bond donors (Lipinski definition) is 3. The van der Waals surface area contributed by atoms with E-state index >= 15 is 0 Å². The Kier molecular flexibility index (Phi) is 30.3. The second-order valence-corrected chi connectivity index (χ2v) is 7.89. The Bertz CT molecular complexity index is 470. The van der Waals surface area contributed by atoms with Crippen LogP contribution in [0, 0.1) is 0 Å². The Balaban J connectivity index is -0.00000338. The molecule has 0 saturated carbocycles. The Hall–Kier alpha value is 1.06. The van der Waals surface area contributed by atoms with Crippen molar-refractivity contribution < 1.29 is 23.7 Å². The fourth-order valence-electron chi connectivity index (χ4n) is 2.54. The third-order valence-corrected chi connectivity index (χ3v) is 4.56. The van der Waals surface area contributed by atoms with Gasteiger partial charge in [-0.05, 0) is 38.5 Å². The van der Waals surface area contributed by atoms with Gasteiger partial charge in [0, 0.05) is 72.1 Å². The van der Waals surface area contributed by atoms with E-state index in [1.165, 1.54) is 38.5 Å². The number of allylic oxidation sites excluding steroid dienone is 4. The molecule has 0 bridgehead atoms. The molecular formula is C20H38NNa2O5P. The minimum Gasteiger partial charge on any atom is -0.354 e. The van der Waals surface area contributed by atoms with Gasteiger partial charge in [-0.25, -0.2) is 4.57 Å². The molecule has 0 unspecified atom stereocenters. The maximum Gasteiger partial charge on any atom is 0.469 e. The summed E-state index contributed by atoms with van der Waals surface area (Å²) in [4.78, 5) is 28.5. The van der Waals surface area contributed by atoms with E-state index in [0.29, 0.717) is 6.42 Å². The van der Waals surface area contributed by atoms with Crippen molar-refractivity contribution in [2.24, 2.45) is 0 Å². The van der Waals surface area contributed by atoms with Gasteiger partial charge < -0.3 is 15.1 Å². The fourth-order valence-corrected chi connectivity index (χ4v) is 2.87. The summed E-state index contributed by atoms with van der Waals surface area (Å²) in [7, 11) is -4.44. The molecule has 9 heteroatoms. The number of rotatable bonds is 18. The molecule has 0 aromatic rings. The van der Waals surface area contributed by atoms with Gasteiger partial charge >= 0.3 is 7.82 Å². The van der Waals surface area contributed by atoms with Crippen LogP contribution in [0.4, 0.5) is 0 Å². The van der Waals surface area contributed by atoms with Crippen LogP contribution < -0.4 is 5.32 Å². The van der Waals surface area contributed by atoms with E-state index in [0.717, 1.165) is 32.1 Å². The van der Waals surface area contributed by atoms with Crippen LogP contribution in [0.25, 0.3) is 0 Å². The van der Waals surface area contributed by atoms with Crippen LogP contribution in [-0.2, 0) is 13.9 Å². The Morgan fingerprint density at radius 2 is 1.45 bits per heavy atom. The van der Waals surface area contributed by atoms with Crippen LogP contribution in [0.3, 0.4) is 0 Å². The van der Waals surface area contributed by atoms with E-state index < -0.39 is 7.82 Å². The zero-order valence-corrected chi connectivity index (χ0v) is 23.7. The molecule has 0 rings (SSSR count). The molecule has 0 aromatic carbocycles. The molecule has 29 heavy (non-hydrogen) atoms. The number of unbranched alkanes of at least 4 members (excludes halogenated alkanes) is 8. The zero-order valence-electron chi connectivity index (χ0n) is 18.8. The summed E-state index contributed by atoms with van der Waals surface area (Å²) < 4.78 is 14.7. The largest absolute Gasteiger partial charge is 0.469 e. The molecule has 0 spiro atoms. The predicted molar refractivity (Wildman–Crippen MR) is 122 cm³/mol. The van der Waals surface area contributed by atoms with Gasteiger partial charge in [0.15, 0.2) is 0 Å². The molecule has 0 atom stereocenters. The van der Waals surface area contributed by atoms with Crippen LogP contribution in [-0.4, -0.2) is 88.0 Å². The first-order chi connectivity index (χ1) is 13.0. The van der Waals surface area contributed by atoms with Crippen molar-refractivity contribution in [1.82, 2.24) is 5.32 Å². The Labute approximate surface area is 221 Å². The molecular weight excluding hydrogens is 411 g/mol. The molecule has 0 aliphatic rings. The third-order valence-electron chi connectivity index (χ3n) is 4.04. The molecule has 6 nitrogen and oxygen atoms in total. The molecule has 0 fully saturated rings. The molecule has 0 aliphatic heterocycles. The summed E-state index contributed by atoms with van der Waals surface area (Å²) in [5.74, 6) is -0.102. The smallest absolute Gasteiger partial charge is 0.354 e. The first kappa shape index (κ1) is 34.7. The van der Waals surface area contributed by atoms with Crippen molar-refractivity contribution in [1.29, 1.82) is 0 Å². The van der Waals surface area contributed by atoms with Crippen molar-refractivity contribution >= 4 is 72.8 Å². The summed E-state index contributed by atoms with van der Waals surface area (Å²) in [5.41, 5.74) is 0. The minimum absolute atomic E-state index is 0. The first-order valence-corrected chi connectivity index (χ1v) is 11.8. The molecule has 160 valence electrons. The van der Waals surface area contributed by atoms with Crippen LogP contribution in [0.5, 0.6) is 0 Å². The van der Waals surface area contributed by atoms with Gasteiger partial charge in [-0.2, -0.15) is 0 Å². The number of hydrogen-bond acceptors (Lipinski definition) is 3. The second kappa shape index (κ2) is 25.3. The van der Waals surface area contributed by atoms with E-state index in [1.54, 1.807) is 0 Å². The van der Waals surface area contributed by atoms with Gasteiger partial charge in [0.25, 0.3) is 0 Å². The summed E-state index contributed by atoms with van der Waals surface area (Å²) >= 11 is 0. The summed E-state index contributed by atoms with van der Waals surface area (Å²) in [6, 6.07) is 0. The predicted octanol–water partition coefficient (Wildman–Crippen LogP) is 4.26. The van der Waals surface area contributed by atoms with Crippen molar-refractivity contribution in [2.45, 2.75) is 84.0 Å². The Morgan fingerprint density at radius 3 is 2.03 bits per heavy atom. The number of amides is 1. The van der Waals surface area contributed by atoms with E-state index in [4.69, 9.17) is 9.79 Å². The minimum atomic E-state index is -4.44. The standard InChI is InChI=1S/C20H38NO5P.2Na/c1-2-3-4-5-6-7-8-9-10-11-12-13-14-15-16-17-20(22)21-18-19-26-27(23,24)25;;/h6-7,9-10H,2-5,8,11-19H2,1H3,(H,21,22)(H2,23,24,25);;/b7-6-,10-9-;;. The Morgan fingerprint density at radius 1 is 0.897 bits per heavy atom. The summed E-state index contributed by atoms with van der Waals surface area (Å²) in [6.07, 6.45) is 22.0. The number of phosphoric ester groups is 1. The summed E-state index contributed by atoms with van der Waals surface area (Å²) in [6.45, 7) is 2.16. The molecule has 2 radical (unpaired) electrons. The number of carbonyl (C=O) groups is 1. The third kappa shape index (κ3) is 31.3. The van der Waals surface area contributed by atoms with E-state index in [2.05, 4.69) is 41.1 Å². The molecule has 0 saturated heterocycles. The first-order valence-electron chi connectivity index (χ1n) is 10.2. The van der Waals surface area contributed by atoms with Crippen LogP contribution in [0.2, 0.25) is 0 Å². The van der Waals surface area contributed by atoms with Crippen LogP contribution in [0.15, 0.2) is 24.3 Å². The van der Waals surface area contributed by atoms with Crippen molar-refractivity contribution in [3.05, 3.63) is 24.3 Å². The molecule has 0 aliphatic carbocycles. The van der Waals surface area contributed by atoms with Crippen molar-refractivity contribution in [3.8, 4) is 0 Å². The molecule has 0 aromatic heterocycles. The van der Waals surface area contributed by atoms with Crippen molar-refractivity contribution in [3.63, 3.8) is 0 Å². The van der Waals surface area contributed by atoms with E-state index in [-0.39, 0.29) is 78.2 Å². The van der Waals surface area contributed by atoms with Gasteiger partial charge in [-0.3, -0.25) is 9.32 Å². The normalized spacial score (nSPS) is 11.4. The number of phosphoric acid groups is 1. The van der Waals surface area contributed by atoms with Crippen LogP contribution >= 0.6 is 7.82 Å². The fraction of sp³-hybridized carbons (Fsp3) is 0.750. The maximum absolute atomic E-state index is 11.5. The van der Waals surface area contributed by atoms with E-state index in [1.807, 2.05) is 0 Å². The van der Waals surface area contributed by atoms with Gasteiger partial charge in [0.1, 0.15) is 0 Å². The number of carbonyl (C=O) groups excluding carboxylic acids is 1. The van der Waals surface area contributed by atoms with Gasteiger partial charge in [0.05, 0.1) is 6.61 Å². The molecule has 0 heterocycles. The molecule has 1 amide bonds. The van der Waals surface area contributed by atoms with Gasteiger partial charge in [-0.1, -0.05) is 63.3 Å². The maximum atomic E-state index is 11.5. The quantitative estimate of drug-likeness (QED) is 0.126. The zero-order chi connectivity index (χ0) is 20.2. The van der Waals surface area contributed by atoms with Gasteiger partial charge in [0.2, 0.25) is 5.91 Å². The topological polar surface area (TPSA) is 95.9 Å². The van der Waals surface area contributed by atoms with Gasteiger partial charge in [-0.15, -0.1) is 0 Å². The average molecular weight is 449 g/mol. The average Bonchev–Trinajstić information content (AvgIpc) is 2.61. The van der Waals surface area contributed by atoms with Crippen molar-refractivity contribution in [2.75, 3.05) is 13.2 Å². The van der Waals surface area contributed by atoms with E-state index in [9.17, 15) is 9.36 Å². The molecule has 3 N–H and O–H groups in total. The second-order valence-electron chi connectivity index (χ2n) is 6.65. The summed E-state index contributed by atoms with van der Waals surface area (Å²) in [5, 5.41) is 2.58. The number of nitrogens with one attached hydrogen (secondary N) is 1. The SMILES string of the molecule is CCCCC/C=C\C/C=C\CCCCCCCC(=O)NCCOP(=O)(O)O.[Na].[Na].